The first-order valence-electron chi connectivity index (χ1n) is 36.8. The quantitative estimate of drug-likeness (QED) is 0.0508. The standard InChI is InChI=1S/C98H74O8S2/c1-43-27-47(5)73(48(6)28-43)59-35-65-66-36-60(74-49(7)29-44(2)30-50(74)8)40-70-78(66)86-85-77(65)69(39-59)81-89-83(97(107-63-23-19-17-20-24-63)95(105-57(15)101)93(81)103-55(13)99)71-41-61(75-51(9)31-45(3)32-52(75)10)37-67-68-38-62(76-53(11)33-46(4)34-54(76)12)42-72-80(68)88(87(79(67)71)91(85)89)92(86)90-82(70)94(104-56(14)100)96(106-58(16)102)98(84(72)90)108-64-25-21-18-22-26-64/h17-42H,1-16H3. The maximum Gasteiger partial charge on any atom is 0.308 e. The Kier molecular flexibility index (Phi) is 14.9. The largest absolute Gasteiger partial charge is 0.422 e. The molecule has 526 valence electrons. The monoisotopic (exact) mass is 1440 g/mol. The smallest absolute Gasteiger partial charge is 0.308 e. The Labute approximate surface area is 632 Å². The van der Waals surface area contributed by atoms with E-state index in [2.05, 4.69) is 204 Å². The molecule has 0 fully saturated rings. The molecule has 0 spiro atoms. The maximum absolute atomic E-state index is 14.7. The molecule has 19 aromatic carbocycles. The first-order valence-corrected chi connectivity index (χ1v) is 38.5. The number of aryl methyl sites for hydroxylation is 12. The molecule has 10 heteroatoms. The zero-order valence-electron chi connectivity index (χ0n) is 63.1. The van der Waals surface area contributed by atoms with Crippen LogP contribution in [0, 0.1) is 83.1 Å². The number of hydrogen-bond acceptors (Lipinski definition) is 10. The minimum atomic E-state index is -0.578. The highest BCUT2D eigenvalue weighted by Gasteiger charge is 2.40. The molecule has 0 heterocycles. The SMILES string of the molecule is CC(=O)Oc1c(OC(C)=O)c2c3cc(-c4c(C)cc(C)cc4C)cc4c5cc(-c6c(C)cc(C)cc6C)cc6c7c(OC(C)=O)c(OC(C)=O)c(Sc8ccccc8)c8c9cc(-c%10c(C)cc(C)cc%10C)cc%10c%11cc(-c%12c(C)cc(C)cc%12C)cc%12c(c1Sc1ccccc1)c2c1c(c43)c(c56)c(c78)c(c%109)c1c%11%12. The van der Waals surface area contributed by atoms with Gasteiger partial charge in [0.25, 0.3) is 0 Å². The van der Waals surface area contributed by atoms with E-state index in [0.29, 0.717) is 20.6 Å². The number of ether oxygens (including phenoxy) is 4. The van der Waals surface area contributed by atoms with Crippen molar-refractivity contribution in [3.8, 4) is 67.5 Å². The molecule has 0 unspecified atom stereocenters. The van der Waals surface area contributed by atoms with Crippen LogP contribution in [0.25, 0.3) is 174 Å². The number of esters is 4. The van der Waals surface area contributed by atoms with Gasteiger partial charge in [0.15, 0.2) is 23.0 Å². The lowest BCUT2D eigenvalue weighted by Crippen LogP contribution is -2.11. The van der Waals surface area contributed by atoms with Crippen LogP contribution < -0.4 is 18.9 Å². The zero-order valence-corrected chi connectivity index (χ0v) is 64.7. The highest BCUT2D eigenvalue weighted by Crippen LogP contribution is 2.67. The molecule has 19 rings (SSSR count). The fourth-order valence-corrected chi connectivity index (χ4v) is 22.0. The van der Waals surface area contributed by atoms with E-state index in [1.54, 1.807) is 0 Å². The van der Waals surface area contributed by atoms with Crippen LogP contribution in [0.15, 0.2) is 177 Å². The molecular weight excluding hydrogens is 1370 g/mol. The van der Waals surface area contributed by atoms with Crippen LogP contribution in [-0.2, 0) is 19.2 Å². The topological polar surface area (TPSA) is 105 Å². The highest BCUT2D eigenvalue weighted by atomic mass is 32.2. The lowest BCUT2D eigenvalue weighted by molar-refractivity contribution is -0.134. The average molecular weight is 1440 g/mol. The molecule has 0 radical (unpaired) electrons. The van der Waals surface area contributed by atoms with Crippen molar-refractivity contribution in [2.75, 3.05) is 0 Å². The molecule has 0 aliphatic heterocycles. The Morgan fingerprint density at radius 2 is 0.435 bits per heavy atom. The summed E-state index contributed by atoms with van der Waals surface area (Å²) in [7, 11) is 0. The van der Waals surface area contributed by atoms with E-state index in [1.807, 2.05) is 36.4 Å². The molecule has 0 saturated carbocycles. The van der Waals surface area contributed by atoms with Crippen molar-refractivity contribution in [3.63, 3.8) is 0 Å². The van der Waals surface area contributed by atoms with Gasteiger partial charge in [0.1, 0.15) is 0 Å². The molecule has 19 aromatic rings. The van der Waals surface area contributed by atoms with Gasteiger partial charge in [0.05, 0.1) is 9.79 Å². The third-order valence-corrected chi connectivity index (χ3v) is 24.9. The van der Waals surface area contributed by atoms with Crippen LogP contribution in [0.4, 0.5) is 0 Å². The predicted molar refractivity (Wildman–Crippen MR) is 449 cm³/mol. The average Bonchev–Trinajstić information content (AvgIpc) is 0.636. The number of fused-ring (bicyclic) bond motifs is 6. The Morgan fingerprint density at radius 3 is 0.676 bits per heavy atom. The summed E-state index contributed by atoms with van der Waals surface area (Å²) in [5.41, 5.74) is 21.5. The molecular formula is C98H74O8S2. The number of carbonyl (C=O) groups excluding carboxylic acids is 4. The summed E-state index contributed by atoms with van der Waals surface area (Å²) in [6.45, 7) is 31.8. The summed E-state index contributed by atoms with van der Waals surface area (Å²) in [5, 5.41) is 21.8. The highest BCUT2D eigenvalue weighted by molar-refractivity contribution is 8.00. The summed E-state index contributed by atoms with van der Waals surface area (Å²) < 4.78 is 27.7. The van der Waals surface area contributed by atoms with E-state index in [0.717, 1.165) is 240 Å². The van der Waals surface area contributed by atoms with Gasteiger partial charge in [-0.1, -0.05) is 131 Å². The zero-order chi connectivity index (χ0) is 75.0. The van der Waals surface area contributed by atoms with Crippen molar-refractivity contribution < 1.29 is 38.1 Å². The third kappa shape index (κ3) is 9.64. The van der Waals surface area contributed by atoms with E-state index in [-0.39, 0.29) is 23.0 Å². The van der Waals surface area contributed by atoms with Gasteiger partial charge in [-0.05, 0) is 331 Å². The number of hydrogen-bond donors (Lipinski definition) is 0. The number of rotatable bonds is 12. The number of carbonyl (C=O) groups is 4. The predicted octanol–water partition coefficient (Wildman–Crippen LogP) is 26.5. The molecule has 0 bridgehead atoms. The van der Waals surface area contributed by atoms with Crippen LogP contribution in [0.3, 0.4) is 0 Å². The molecule has 0 aliphatic carbocycles. The molecule has 8 nitrogen and oxygen atoms in total. The molecule has 0 N–H and O–H groups in total. The van der Waals surface area contributed by atoms with Crippen molar-refractivity contribution in [1.29, 1.82) is 0 Å². The van der Waals surface area contributed by atoms with Crippen LogP contribution in [-0.4, -0.2) is 23.9 Å². The van der Waals surface area contributed by atoms with Crippen molar-refractivity contribution in [3.05, 3.63) is 224 Å². The van der Waals surface area contributed by atoms with Crippen molar-refractivity contribution in [2.24, 2.45) is 0 Å². The second-order valence-electron chi connectivity index (χ2n) is 30.6. The van der Waals surface area contributed by atoms with E-state index >= 15 is 0 Å². The maximum atomic E-state index is 14.7. The van der Waals surface area contributed by atoms with Gasteiger partial charge in [-0.2, -0.15) is 0 Å². The lowest BCUT2D eigenvalue weighted by atomic mass is 9.72. The second kappa shape index (κ2) is 24.0. The van der Waals surface area contributed by atoms with Gasteiger partial charge in [-0.25, -0.2) is 0 Å². The molecule has 0 saturated heterocycles. The van der Waals surface area contributed by atoms with Crippen molar-refractivity contribution in [1.82, 2.24) is 0 Å². The molecule has 0 aliphatic rings. The third-order valence-electron chi connectivity index (χ3n) is 22.7. The first-order chi connectivity index (χ1) is 51.8. The van der Waals surface area contributed by atoms with E-state index in [4.69, 9.17) is 18.9 Å². The van der Waals surface area contributed by atoms with Gasteiger partial charge < -0.3 is 18.9 Å². The van der Waals surface area contributed by atoms with E-state index < -0.39 is 23.9 Å². The summed E-state index contributed by atoms with van der Waals surface area (Å²) in [4.78, 5) is 61.5. The summed E-state index contributed by atoms with van der Waals surface area (Å²) >= 11 is 2.99. The van der Waals surface area contributed by atoms with Gasteiger partial charge >= 0.3 is 23.9 Å². The molecule has 0 atom stereocenters. The van der Waals surface area contributed by atoms with Crippen molar-refractivity contribution >= 4 is 177 Å². The van der Waals surface area contributed by atoms with Crippen LogP contribution in [0.1, 0.15) is 94.5 Å². The van der Waals surface area contributed by atoms with Crippen LogP contribution in [0.5, 0.6) is 23.0 Å². The van der Waals surface area contributed by atoms with Gasteiger partial charge in [0, 0.05) is 80.6 Å². The Bertz CT molecular complexity index is 6680. The minimum Gasteiger partial charge on any atom is -0.422 e. The molecule has 0 aromatic heterocycles. The van der Waals surface area contributed by atoms with Crippen molar-refractivity contribution in [2.45, 2.75) is 130 Å². The Hall–Kier alpha value is -11.6. The van der Waals surface area contributed by atoms with Crippen LogP contribution in [0.2, 0.25) is 0 Å². The molecule has 0 amide bonds. The molecule has 108 heavy (non-hydrogen) atoms. The van der Waals surface area contributed by atoms with E-state index in [9.17, 15) is 19.2 Å². The van der Waals surface area contributed by atoms with E-state index in [1.165, 1.54) is 51.2 Å². The normalized spacial score (nSPS) is 12.3. The fourth-order valence-electron chi connectivity index (χ4n) is 19.9. The summed E-state index contributed by atoms with van der Waals surface area (Å²) in [5.74, 6) is -1.70. The van der Waals surface area contributed by atoms with Gasteiger partial charge in [0.2, 0.25) is 0 Å². The minimum absolute atomic E-state index is 0.149. The second-order valence-corrected chi connectivity index (χ2v) is 32.7. The van der Waals surface area contributed by atoms with Gasteiger partial charge in [-0.15, -0.1) is 0 Å². The summed E-state index contributed by atoms with van der Waals surface area (Å²) in [6, 6.07) is 57.3. The Balaban J connectivity index is 1.23. The number of benzene rings is 19. The first kappa shape index (κ1) is 67.1. The van der Waals surface area contributed by atoms with Gasteiger partial charge in [-0.3, -0.25) is 19.2 Å². The Morgan fingerprint density at radius 1 is 0.231 bits per heavy atom. The fraction of sp³-hybridized carbons (Fsp3) is 0.163. The summed E-state index contributed by atoms with van der Waals surface area (Å²) in [6.07, 6.45) is 0. The van der Waals surface area contributed by atoms with Crippen LogP contribution >= 0.6 is 23.5 Å². The lowest BCUT2D eigenvalue weighted by Gasteiger charge is -2.32.